The molecule has 2 atom stereocenters. The summed E-state index contributed by atoms with van der Waals surface area (Å²) in [6.45, 7) is 3.81. The van der Waals surface area contributed by atoms with Crippen molar-refractivity contribution in [2.45, 2.75) is 25.8 Å². The molecule has 2 heterocycles. The zero-order chi connectivity index (χ0) is 13.7. The second-order valence-electron chi connectivity index (χ2n) is 5.05. The van der Waals surface area contributed by atoms with E-state index in [1.54, 1.807) is 6.20 Å². The zero-order valence-corrected chi connectivity index (χ0v) is 12.0. The van der Waals surface area contributed by atoms with Crippen LogP contribution in [0.1, 0.15) is 19.0 Å². The van der Waals surface area contributed by atoms with E-state index in [1.807, 2.05) is 25.1 Å². The lowest BCUT2D eigenvalue weighted by atomic mass is 10.0. The van der Waals surface area contributed by atoms with Gasteiger partial charge in [-0.2, -0.15) is 0 Å². The first kappa shape index (κ1) is 14.4. The molecule has 2 unspecified atom stereocenters. The topological polar surface area (TPSA) is 71.1 Å². The molecule has 0 aliphatic carbocycles. The number of hydrogen-bond donors (Lipinski definition) is 2. The van der Waals surface area contributed by atoms with Crippen molar-refractivity contribution < 1.29 is 8.42 Å². The van der Waals surface area contributed by atoms with E-state index in [0.29, 0.717) is 12.3 Å². The lowest BCUT2D eigenvalue weighted by Gasteiger charge is -2.19. The molecule has 1 aromatic rings. The van der Waals surface area contributed by atoms with E-state index in [2.05, 4.69) is 15.0 Å². The third-order valence-electron chi connectivity index (χ3n) is 3.52. The van der Waals surface area contributed by atoms with Crippen molar-refractivity contribution >= 4 is 10.0 Å². The number of aromatic nitrogens is 1. The molecule has 0 amide bonds. The molecule has 6 heteroatoms. The molecule has 0 aromatic carbocycles. The molecule has 1 aromatic heterocycles. The Kier molecular flexibility index (Phi) is 4.90. The van der Waals surface area contributed by atoms with Crippen LogP contribution in [0.15, 0.2) is 24.4 Å². The second-order valence-corrected chi connectivity index (χ2v) is 6.92. The van der Waals surface area contributed by atoms with Gasteiger partial charge in [0.2, 0.25) is 10.0 Å². The Balaban J connectivity index is 1.84. The molecule has 1 fully saturated rings. The number of rotatable bonds is 6. The van der Waals surface area contributed by atoms with E-state index >= 15 is 0 Å². The Labute approximate surface area is 114 Å². The second kappa shape index (κ2) is 6.45. The van der Waals surface area contributed by atoms with Crippen LogP contribution in [0.5, 0.6) is 0 Å². The Bertz CT molecular complexity index is 484. The van der Waals surface area contributed by atoms with Gasteiger partial charge in [-0.1, -0.05) is 6.07 Å². The summed E-state index contributed by atoms with van der Waals surface area (Å²) in [5.41, 5.74) is 0.808. The highest BCUT2D eigenvalue weighted by atomic mass is 32.2. The van der Waals surface area contributed by atoms with Crippen molar-refractivity contribution in [1.82, 2.24) is 15.0 Å². The summed E-state index contributed by atoms with van der Waals surface area (Å²) in [4.78, 5) is 4.14. The predicted octanol–water partition coefficient (Wildman–Crippen LogP) is 0.541. The molecule has 0 radical (unpaired) electrons. The fourth-order valence-electron chi connectivity index (χ4n) is 2.33. The van der Waals surface area contributed by atoms with Crippen LogP contribution in [-0.4, -0.2) is 38.3 Å². The average Bonchev–Trinajstić information content (AvgIpc) is 2.91. The van der Waals surface area contributed by atoms with Gasteiger partial charge in [-0.3, -0.25) is 4.98 Å². The van der Waals surface area contributed by atoms with Crippen LogP contribution in [0, 0.1) is 5.92 Å². The van der Waals surface area contributed by atoms with Gasteiger partial charge in [-0.05, 0) is 44.5 Å². The van der Waals surface area contributed by atoms with Gasteiger partial charge >= 0.3 is 0 Å². The number of sulfonamides is 1. The first-order chi connectivity index (χ1) is 9.07. The van der Waals surface area contributed by atoms with Crippen molar-refractivity contribution in [3.05, 3.63) is 30.1 Å². The minimum Gasteiger partial charge on any atom is -0.316 e. The molecule has 1 saturated heterocycles. The zero-order valence-electron chi connectivity index (χ0n) is 11.2. The summed E-state index contributed by atoms with van der Waals surface area (Å²) in [6.07, 6.45) is 3.16. The third kappa shape index (κ3) is 4.56. The van der Waals surface area contributed by atoms with Crippen LogP contribution in [0.25, 0.3) is 0 Å². The lowest BCUT2D eigenvalue weighted by Crippen LogP contribution is -2.40. The highest BCUT2D eigenvalue weighted by molar-refractivity contribution is 7.89. The van der Waals surface area contributed by atoms with Gasteiger partial charge in [0.25, 0.3) is 0 Å². The molecule has 106 valence electrons. The van der Waals surface area contributed by atoms with Crippen molar-refractivity contribution in [3.8, 4) is 0 Å². The fourth-order valence-corrected chi connectivity index (χ4v) is 3.68. The normalized spacial score (nSPS) is 21.4. The van der Waals surface area contributed by atoms with Crippen molar-refractivity contribution in [2.24, 2.45) is 5.92 Å². The van der Waals surface area contributed by atoms with Crippen LogP contribution in [0.4, 0.5) is 0 Å². The molecule has 0 saturated carbocycles. The third-order valence-corrected chi connectivity index (χ3v) is 5.00. The maximum absolute atomic E-state index is 12.0. The summed E-state index contributed by atoms with van der Waals surface area (Å²) in [5, 5.41) is 3.25. The molecule has 5 nitrogen and oxygen atoms in total. The molecular formula is C13H21N3O2S. The molecule has 1 aliphatic heterocycles. The summed E-state index contributed by atoms with van der Waals surface area (Å²) in [7, 11) is -3.23. The first-order valence-electron chi connectivity index (χ1n) is 6.67. The van der Waals surface area contributed by atoms with Crippen LogP contribution >= 0.6 is 0 Å². The SMILES string of the molecule is CC(NS(=O)(=O)CCc1ccccn1)C1CCNC1. The summed E-state index contributed by atoms with van der Waals surface area (Å²) in [6, 6.07) is 5.53. The molecule has 19 heavy (non-hydrogen) atoms. The van der Waals surface area contributed by atoms with Crippen molar-refractivity contribution in [1.29, 1.82) is 0 Å². The minimum atomic E-state index is -3.23. The van der Waals surface area contributed by atoms with Crippen molar-refractivity contribution in [3.63, 3.8) is 0 Å². The smallest absolute Gasteiger partial charge is 0.212 e. The highest BCUT2D eigenvalue weighted by Gasteiger charge is 2.24. The fraction of sp³-hybridized carbons (Fsp3) is 0.615. The quantitative estimate of drug-likeness (QED) is 0.799. The van der Waals surface area contributed by atoms with E-state index < -0.39 is 10.0 Å². The van der Waals surface area contributed by atoms with E-state index in [1.165, 1.54) is 0 Å². The Morgan fingerprint density at radius 1 is 1.53 bits per heavy atom. The summed E-state index contributed by atoms with van der Waals surface area (Å²) in [5.74, 6) is 0.485. The molecule has 2 rings (SSSR count). The average molecular weight is 283 g/mol. The Morgan fingerprint density at radius 2 is 2.37 bits per heavy atom. The van der Waals surface area contributed by atoms with Crippen LogP contribution in [-0.2, 0) is 16.4 Å². The summed E-state index contributed by atoms with van der Waals surface area (Å²) < 4.78 is 26.8. The van der Waals surface area contributed by atoms with E-state index in [9.17, 15) is 8.42 Å². The molecule has 0 bridgehead atoms. The summed E-state index contributed by atoms with van der Waals surface area (Å²) >= 11 is 0. The van der Waals surface area contributed by atoms with Gasteiger partial charge < -0.3 is 5.32 Å². The maximum Gasteiger partial charge on any atom is 0.212 e. The Hall–Kier alpha value is -0.980. The number of aryl methyl sites for hydroxylation is 1. The van der Waals surface area contributed by atoms with Gasteiger partial charge in [0.15, 0.2) is 0 Å². The van der Waals surface area contributed by atoms with Crippen LogP contribution < -0.4 is 10.0 Å². The monoisotopic (exact) mass is 283 g/mol. The van der Waals surface area contributed by atoms with Gasteiger partial charge in [-0.15, -0.1) is 0 Å². The van der Waals surface area contributed by atoms with E-state index in [0.717, 1.165) is 25.2 Å². The maximum atomic E-state index is 12.0. The number of nitrogens with one attached hydrogen (secondary N) is 2. The molecule has 0 spiro atoms. The highest BCUT2D eigenvalue weighted by Crippen LogP contribution is 2.13. The molecule has 2 N–H and O–H groups in total. The van der Waals surface area contributed by atoms with Gasteiger partial charge in [0.05, 0.1) is 5.75 Å². The first-order valence-corrected chi connectivity index (χ1v) is 8.33. The van der Waals surface area contributed by atoms with E-state index in [4.69, 9.17) is 0 Å². The standard InChI is InChI=1S/C13H21N3O2S/c1-11(12-5-8-14-10-12)16-19(17,18)9-6-13-4-2-3-7-15-13/h2-4,7,11-12,14,16H,5-6,8-10H2,1H3. The van der Waals surface area contributed by atoms with Crippen molar-refractivity contribution in [2.75, 3.05) is 18.8 Å². The van der Waals surface area contributed by atoms with Gasteiger partial charge in [-0.25, -0.2) is 13.1 Å². The molecule has 1 aliphatic rings. The number of nitrogens with zero attached hydrogens (tertiary/aromatic N) is 1. The number of hydrogen-bond acceptors (Lipinski definition) is 4. The van der Waals surface area contributed by atoms with E-state index in [-0.39, 0.29) is 11.8 Å². The minimum absolute atomic E-state index is 0.0104. The van der Waals surface area contributed by atoms with Crippen LogP contribution in [0.2, 0.25) is 0 Å². The van der Waals surface area contributed by atoms with Crippen LogP contribution in [0.3, 0.4) is 0 Å². The largest absolute Gasteiger partial charge is 0.316 e. The number of pyridine rings is 1. The van der Waals surface area contributed by atoms with Gasteiger partial charge in [0.1, 0.15) is 0 Å². The predicted molar refractivity (Wildman–Crippen MR) is 75.3 cm³/mol. The lowest BCUT2D eigenvalue weighted by molar-refractivity contribution is 0.444. The Morgan fingerprint density at radius 3 is 3.00 bits per heavy atom. The van der Waals surface area contributed by atoms with Gasteiger partial charge in [0, 0.05) is 24.4 Å². The molecular weight excluding hydrogens is 262 g/mol.